The molecule has 0 heterocycles. The molecule has 0 spiro atoms. The van der Waals surface area contributed by atoms with Crippen LogP contribution >= 0.6 is 11.6 Å². The second-order valence-electron chi connectivity index (χ2n) is 4.58. The number of nitrogens with zero attached hydrogens (tertiary/aromatic N) is 1. The van der Waals surface area contributed by atoms with Gasteiger partial charge in [0.05, 0.1) is 16.8 Å². The molecule has 1 aromatic carbocycles. The lowest BCUT2D eigenvalue weighted by molar-refractivity contribution is 0.199. The van der Waals surface area contributed by atoms with Crippen molar-refractivity contribution in [3.05, 3.63) is 28.8 Å². The first-order valence-corrected chi connectivity index (χ1v) is 6.17. The highest BCUT2D eigenvalue weighted by Gasteiger charge is 2.23. The summed E-state index contributed by atoms with van der Waals surface area (Å²) in [5.74, 6) is 0. The molecule has 1 aliphatic carbocycles. The molecule has 88 valence electrons. The molecule has 0 amide bonds. The Hall–Kier alpha value is -0.730. The van der Waals surface area contributed by atoms with Crippen LogP contribution in [0.25, 0.3) is 0 Å². The predicted molar refractivity (Wildman–Crippen MR) is 68.1 cm³/mol. The smallest absolute Gasteiger partial charge is 0.0762 e. The summed E-state index contributed by atoms with van der Waals surface area (Å²) in [5, 5.41) is 10.2. The summed E-state index contributed by atoms with van der Waals surface area (Å²) in [6, 6.07) is 6.44. The molecule has 1 atom stereocenters. The minimum absolute atomic E-state index is 0.458. The number of hydrogen-bond donors (Lipinski definition) is 1. The number of aliphatic hydroxyl groups is 1. The van der Waals surface area contributed by atoms with Crippen molar-refractivity contribution < 1.29 is 5.11 Å². The maximum Gasteiger partial charge on any atom is 0.0762 e. The van der Waals surface area contributed by atoms with Crippen molar-refractivity contribution in [1.82, 2.24) is 0 Å². The van der Waals surface area contributed by atoms with Crippen molar-refractivity contribution >= 4 is 17.3 Å². The molecule has 0 bridgehead atoms. The Kier molecular flexibility index (Phi) is 3.41. The molecule has 1 saturated carbocycles. The Morgan fingerprint density at radius 3 is 2.56 bits per heavy atom. The minimum Gasteiger partial charge on any atom is -0.389 e. The monoisotopic (exact) mass is 239 g/mol. The Balaban J connectivity index is 2.21. The van der Waals surface area contributed by atoms with Gasteiger partial charge in [0.2, 0.25) is 0 Å². The fraction of sp³-hybridized carbons (Fsp3) is 0.538. The van der Waals surface area contributed by atoms with Crippen molar-refractivity contribution in [3.8, 4) is 0 Å². The van der Waals surface area contributed by atoms with E-state index in [-0.39, 0.29) is 0 Å². The van der Waals surface area contributed by atoms with Crippen LogP contribution in [0.1, 0.15) is 37.9 Å². The molecule has 1 N–H and O–H groups in total. The first-order chi connectivity index (χ1) is 7.59. The molecular weight excluding hydrogens is 222 g/mol. The number of halogens is 1. The molecule has 1 aromatic rings. The average Bonchev–Trinajstić information content (AvgIpc) is 2.14. The van der Waals surface area contributed by atoms with E-state index in [1.807, 2.05) is 18.2 Å². The van der Waals surface area contributed by atoms with E-state index >= 15 is 0 Å². The van der Waals surface area contributed by atoms with E-state index < -0.39 is 6.10 Å². The third-order valence-corrected chi connectivity index (χ3v) is 3.76. The van der Waals surface area contributed by atoms with Gasteiger partial charge in [0.1, 0.15) is 0 Å². The lowest BCUT2D eigenvalue weighted by Gasteiger charge is -2.37. The SMILES string of the molecule is CC(O)c1ccc(N(C)C2CCC2)c(Cl)c1. The fourth-order valence-corrected chi connectivity index (χ4v) is 2.36. The topological polar surface area (TPSA) is 23.5 Å². The maximum absolute atomic E-state index is 9.47. The van der Waals surface area contributed by atoms with Gasteiger partial charge < -0.3 is 10.0 Å². The van der Waals surface area contributed by atoms with Crippen molar-refractivity contribution in [3.63, 3.8) is 0 Å². The normalized spacial score (nSPS) is 18.0. The van der Waals surface area contributed by atoms with E-state index in [0.717, 1.165) is 16.3 Å². The lowest BCUT2D eigenvalue weighted by atomic mass is 9.91. The second-order valence-corrected chi connectivity index (χ2v) is 4.99. The summed E-state index contributed by atoms with van der Waals surface area (Å²) >= 11 is 6.24. The van der Waals surface area contributed by atoms with E-state index in [4.69, 9.17) is 11.6 Å². The largest absolute Gasteiger partial charge is 0.389 e. The Morgan fingerprint density at radius 1 is 1.44 bits per heavy atom. The third-order valence-electron chi connectivity index (χ3n) is 3.46. The van der Waals surface area contributed by atoms with E-state index in [1.54, 1.807) is 6.92 Å². The van der Waals surface area contributed by atoms with Gasteiger partial charge >= 0.3 is 0 Å². The molecule has 16 heavy (non-hydrogen) atoms. The standard InChI is InChI=1S/C13H18ClNO/c1-9(16)10-6-7-13(12(14)8-10)15(2)11-4-3-5-11/h6-9,11,16H,3-5H2,1-2H3. The molecule has 0 aromatic heterocycles. The molecule has 1 aliphatic rings. The minimum atomic E-state index is -0.458. The van der Waals surface area contributed by atoms with Crippen LogP contribution in [0.15, 0.2) is 18.2 Å². The van der Waals surface area contributed by atoms with Crippen molar-refractivity contribution in [2.45, 2.75) is 38.3 Å². The summed E-state index contributed by atoms with van der Waals surface area (Å²) < 4.78 is 0. The van der Waals surface area contributed by atoms with Gasteiger partial charge in [0.25, 0.3) is 0 Å². The number of hydrogen-bond acceptors (Lipinski definition) is 2. The van der Waals surface area contributed by atoms with Crippen LogP contribution in [0.4, 0.5) is 5.69 Å². The first-order valence-electron chi connectivity index (χ1n) is 5.80. The molecule has 2 nitrogen and oxygen atoms in total. The van der Waals surface area contributed by atoms with Crippen molar-refractivity contribution in [1.29, 1.82) is 0 Å². The molecule has 0 aliphatic heterocycles. The van der Waals surface area contributed by atoms with Crippen LogP contribution in [0, 0.1) is 0 Å². The van der Waals surface area contributed by atoms with Gasteiger partial charge in [-0.2, -0.15) is 0 Å². The van der Waals surface area contributed by atoms with E-state index in [0.29, 0.717) is 6.04 Å². The van der Waals surface area contributed by atoms with E-state index in [2.05, 4.69) is 11.9 Å². The average molecular weight is 240 g/mol. The third kappa shape index (κ3) is 2.18. The summed E-state index contributed by atoms with van der Waals surface area (Å²) in [6.45, 7) is 1.75. The zero-order valence-electron chi connectivity index (χ0n) is 9.78. The number of rotatable bonds is 3. The van der Waals surface area contributed by atoms with Crippen LogP contribution < -0.4 is 4.90 Å². The number of anilines is 1. The lowest BCUT2D eigenvalue weighted by Crippen LogP contribution is -2.37. The van der Waals surface area contributed by atoms with Crippen molar-refractivity contribution in [2.75, 3.05) is 11.9 Å². The van der Waals surface area contributed by atoms with Crippen LogP contribution in [0.5, 0.6) is 0 Å². The zero-order chi connectivity index (χ0) is 11.7. The van der Waals surface area contributed by atoms with E-state index in [1.165, 1.54) is 19.3 Å². The quantitative estimate of drug-likeness (QED) is 0.874. The van der Waals surface area contributed by atoms with Crippen LogP contribution in [-0.2, 0) is 0 Å². The maximum atomic E-state index is 9.47. The number of benzene rings is 1. The van der Waals surface area contributed by atoms with Gasteiger partial charge in [-0.05, 0) is 43.9 Å². The van der Waals surface area contributed by atoms with Crippen LogP contribution in [0.3, 0.4) is 0 Å². The first kappa shape index (κ1) is 11.7. The summed E-state index contributed by atoms with van der Waals surface area (Å²) in [6.07, 6.45) is 3.37. The number of aliphatic hydroxyl groups excluding tert-OH is 1. The molecule has 0 radical (unpaired) electrons. The highest BCUT2D eigenvalue weighted by atomic mass is 35.5. The molecular formula is C13H18ClNO. The van der Waals surface area contributed by atoms with Gasteiger partial charge in [-0.15, -0.1) is 0 Å². The van der Waals surface area contributed by atoms with Gasteiger partial charge in [-0.3, -0.25) is 0 Å². The molecule has 3 heteroatoms. The highest BCUT2D eigenvalue weighted by Crippen LogP contribution is 2.34. The molecule has 0 saturated heterocycles. The van der Waals surface area contributed by atoms with Gasteiger partial charge in [-0.25, -0.2) is 0 Å². The van der Waals surface area contributed by atoms with Crippen molar-refractivity contribution in [2.24, 2.45) is 0 Å². The Morgan fingerprint density at radius 2 is 2.12 bits per heavy atom. The van der Waals surface area contributed by atoms with Gasteiger partial charge in [0.15, 0.2) is 0 Å². The molecule has 2 rings (SSSR count). The zero-order valence-corrected chi connectivity index (χ0v) is 10.5. The van der Waals surface area contributed by atoms with Gasteiger partial charge in [0, 0.05) is 13.1 Å². The Labute approximate surface area is 102 Å². The molecule has 1 unspecified atom stereocenters. The summed E-state index contributed by atoms with van der Waals surface area (Å²) in [5.41, 5.74) is 1.94. The van der Waals surface area contributed by atoms with Gasteiger partial charge in [-0.1, -0.05) is 17.7 Å². The second kappa shape index (κ2) is 4.64. The molecule has 1 fully saturated rings. The van der Waals surface area contributed by atoms with Crippen LogP contribution in [-0.4, -0.2) is 18.2 Å². The van der Waals surface area contributed by atoms with Crippen LogP contribution in [0.2, 0.25) is 5.02 Å². The Bertz CT molecular complexity index is 374. The van der Waals surface area contributed by atoms with E-state index in [9.17, 15) is 5.11 Å². The predicted octanol–water partition coefficient (Wildman–Crippen LogP) is 3.38. The fourth-order valence-electron chi connectivity index (χ4n) is 2.04. The summed E-state index contributed by atoms with van der Waals surface area (Å²) in [4.78, 5) is 2.25. The summed E-state index contributed by atoms with van der Waals surface area (Å²) in [7, 11) is 2.09. The highest BCUT2D eigenvalue weighted by molar-refractivity contribution is 6.33.